The highest BCUT2D eigenvalue weighted by Crippen LogP contribution is 2.36. The fourth-order valence-corrected chi connectivity index (χ4v) is 5.65. The second kappa shape index (κ2) is 11.1. The second-order valence-corrected chi connectivity index (χ2v) is 11.3. The average molecular weight is 590 g/mol. The van der Waals surface area contributed by atoms with Gasteiger partial charge >= 0.3 is 0 Å². The van der Waals surface area contributed by atoms with Crippen LogP contribution in [0.5, 0.6) is 0 Å². The van der Waals surface area contributed by atoms with Crippen molar-refractivity contribution in [2.75, 3.05) is 18.0 Å². The van der Waals surface area contributed by atoms with Gasteiger partial charge in [0, 0.05) is 34.9 Å². The molecule has 3 aromatic carbocycles. The standard InChI is InChI=1S/C31H27Cl2FN6O/c1-31(38-26(41)18-20-6-2-5-9-25(20)34)14-16-39(17-15-31)29-27-30(36-19-35-29)40(22-12-10-21(32)11-13-22)28(37-27)23-7-3-4-8-24(23)33/h2-13,19H,14-18H2,1H3,(H,38,41). The Balaban J connectivity index is 1.29. The third kappa shape index (κ3) is 5.49. The minimum atomic E-state index is -0.420. The molecule has 6 rings (SSSR count). The molecule has 0 bridgehead atoms. The molecule has 208 valence electrons. The van der Waals surface area contributed by atoms with E-state index >= 15 is 0 Å². The molecule has 1 N–H and O–H groups in total. The number of nitrogens with zero attached hydrogens (tertiary/aromatic N) is 5. The van der Waals surface area contributed by atoms with E-state index in [9.17, 15) is 9.18 Å². The van der Waals surface area contributed by atoms with Crippen molar-refractivity contribution in [2.24, 2.45) is 0 Å². The van der Waals surface area contributed by atoms with Crippen LogP contribution in [0.15, 0.2) is 79.1 Å². The SMILES string of the molecule is CC1(NC(=O)Cc2ccccc2F)CCN(c2ncnc3c2nc(-c2ccccc2Cl)n3-c2ccc(Cl)cc2)CC1. The van der Waals surface area contributed by atoms with Gasteiger partial charge in [-0.05, 0) is 67.8 Å². The first-order valence-corrected chi connectivity index (χ1v) is 14.1. The number of hydrogen-bond donors (Lipinski definition) is 1. The van der Waals surface area contributed by atoms with Crippen molar-refractivity contribution in [1.29, 1.82) is 0 Å². The average Bonchev–Trinajstić information content (AvgIpc) is 3.35. The number of nitrogens with one attached hydrogen (secondary N) is 1. The first-order valence-electron chi connectivity index (χ1n) is 13.3. The van der Waals surface area contributed by atoms with E-state index in [1.807, 2.05) is 60.0 Å². The number of fused-ring (bicyclic) bond motifs is 1. The largest absolute Gasteiger partial charge is 0.354 e. The lowest BCUT2D eigenvalue weighted by Crippen LogP contribution is -2.54. The molecule has 2 aromatic heterocycles. The zero-order valence-corrected chi connectivity index (χ0v) is 23.8. The topological polar surface area (TPSA) is 75.9 Å². The Hall–Kier alpha value is -4.01. The van der Waals surface area contributed by atoms with Crippen LogP contribution in [-0.2, 0) is 11.2 Å². The summed E-state index contributed by atoms with van der Waals surface area (Å²) in [7, 11) is 0. The number of benzene rings is 3. The summed E-state index contributed by atoms with van der Waals surface area (Å²) in [4.78, 5) is 29.2. The zero-order chi connectivity index (χ0) is 28.6. The number of carbonyl (C=O) groups excluding carboxylic acids is 1. The minimum absolute atomic E-state index is 0.00542. The highest BCUT2D eigenvalue weighted by molar-refractivity contribution is 6.33. The van der Waals surface area contributed by atoms with E-state index in [1.165, 1.54) is 6.07 Å². The van der Waals surface area contributed by atoms with Crippen LogP contribution >= 0.6 is 23.2 Å². The van der Waals surface area contributed by atoms with Crippen molar-refractivity contribution < 1.29 is 9.18 Å². The van der Waals surface area contributed by atoms with Crippen LogP contribution in [0.3, 0.4) is 0 Å². The second-order valence-electron chi connectivity index (χ2n) is 10.5. The minimum Gasteiger partial charge on any atom is -0.354 e. The van der Waals surface area contributed by atoms with Gasteiger partial charge in [-0.25, -0.2) is 19.3 Å². The third-order valence-electron chi connectivity index (χ3n) is 7.54. The van der Waals surface area contributed by atoms with Gasteiger partial charge in [0.2, 0.25) is 5.91 Å². The number of hydrogen-bond acceptors (Lipinski definition) is 5. The van der Waals surface area contributed by atoms with Crippen molar-refractivity contribution in [3.05, 3.63) is 101 Å². The van der Waals surface area contributed by atoms with E-state index in [1.54, 1.807) is 24.5 Å². The number of amides is 1. The molecular formula is C31H27Cl2FN6O. The number of piperidine rings is 1. The van der Waals surface area contributed by atoms with Gasteiger partial charge in [0.25, 0.3) is 0 Å². The van der Waals surface area contributed by atoms with Crippen molar-refractivity contribution >= 4 is 46.1 Å². The molecule has 0 saturated carbocycles. The molecular weight excluding hydrogens is 562 g/mol. The Kier molecular flexibility index (Phi) is 7.36. The van der Waals surface area contributed by atoms with E-state index < -0.39 is 5.54 Å². The van der Waals surface area contributed by atoms with Gasteiger partial charge in [-0.3, -0.25) is 9.36 Å². The molecule has 0 atom stereocenters. The summed E-state index contributed by atoms with van der Waals surface area (Å²) in [5.74, 6) is 0.804. The maximum absolute atomic E-state index is 14.1. The van der Waals surface area contributed by atoms with E-state index in [-0.39, 0.29) is 18.1 Å². The molecule has 1 aliphatic rings. The predicted octanol–water partition coefficient (Wildman–Crippen LogP) is 6.65. The summed E-state index contributed by atoms with van der Waals surface area (Å²) >= 11 is 12.8. The monoisotopic (exact) mass is 588 g/mol. The molecule has 1 fully saturated rings. The van der Waals surface area contributed by atoms with Crippen molar-refractivity contribution in [3.8, 4) is 17.1 Å². The Morgan fingerprint density at radius 1 is 0.976 bits per heavy atom. The lowest BCUT2D eigenvalue weighted by Gasteiger charge is -2.40. The molecule has 1 saturated heterocycles. The van der Waals surface area contributed by atoms with Crippen LogP contribution in [0.2, 0.25) is 10.0 Å². The lowest BCUT2D eigenvalue weighted by molar-refractivity contribution is -0.122. The Morgan fingerprint density at radius 3 is 2.41 bits per heavy atom. The van der Waals surface area contributed by atoms with Crippen LogP contribution in [0, 0.1) is 5.82 Å². The third-order valence-corrected chi connectivity index (χ3v) is 8.12. The normalized spacial score (nSPS) is 14.8. The summed E-state index contributed by atoms with van der Waals surface area (Å²) < 4.78 is 16.0. The molecule has 1 amide bonds. The highest BCUT2D eigenvalue weighted by atomic mass is 35.5. The smallest absolute Gasteiger partial charge is 0.224 e. The molecule has 10 heteroatoms. The predicted molar refractivity (Wildman–Crippen MR) is 160 cm³/mol. The molecule has 0 radical (unpaired) electrons. The maximum Gasteiger partial charge on any atom is 0.224 e. The molecule has 3 heterocycles. The Morgan fingerprint density at radius 2 is 1.68 bits per heavy atom. The van der Waals surface area contributed by atoms with Crippen LogP contribution in [0.4, 0.5) is 10.2 Å². The van der Waals surface area contributed by atoms with E-state index in [0.29, 0.717) is 58.5 Å². The van der Waals surface area contributed by atoms with Gasteiger partial charge in [-0.15, -0.1) is 0 Å². The number of halogens is 3. The van der Waals surface area contributed by atoms with Crippen molar-refractivity contribution in [2.45, 2.75) is 31.7 Å². The number of aromatic nitrogens is 4. The molecule has 1 aliphatic heterocycles. The van der Waals surface area contributed by atoms with Crippen LogP contribution in [0.1, 0.15) is 25.3 Å². The molecule has 5 aromatic rings. The maximum atomic E-state index is 14.1. The number of rotatable bonds is 6. The molecule has 7 nitrogen and oxygen atoms in total. The van der Waals surface area contributed by atoms with Crippen LogP contribution in [0.25, 0.3) is 28.2 Å². The van der Waals surface area contributed by atoms with E-state index in [4.69, 9.17) is 28.2 Å². The Labute approximate surface area is 247 Å². The summed E-state index contributed by atoms with van der Waals surface area (Å²) in [6, 6.07) is 21.4. The van der Waals surface area contributed by atoms with Crippen molar-refractivity contribution in [1.82, 2.24) is 24.8 Å². The summed E-state index contributed by atoms with van der Waals surface area (Å²) in [6.45, 7) is 3.33. The molecule has 0 unspecified atom stereocenters. The molecule has 0 aliphatic carbocycles. The summed E-state index contributed by atoms with van der Waals surface area (Å²) in [6.07, 6.45) is 2.94. The van der Waals surface area contributed by atoms with E-state index in [0.717, 1.165) is 17.1 Å². The van der Waals surface area contributed by atoms with Gasteiger partial charge in [-0.2, -0.15) is 0 Å². The van der Waals surface area contributed by atoms with Gasteiger partial charge in [-0.1, -0.05) is 53.5 Å². The first-order chi connectivity index (χ1) is 19.8. The van der Waals surface area contributed by atoms with Gasteiger partial charge in [0.15, 0.2) is 17.0 Å². The fourth-order valence-electron chi connectivity index (χ4n) is 5.30. The summed E-state index contributed by atoms with van der Waals surface area (Å²) in [5.41, 5.74) is 2.90. The number of imidazole rings is 1. The number of carbonyl (C=O) groups is 1. The quantitative estimate of drug-likeness (QED) is 0.240. The van der Waals surface area contributed by atoms with Crippen molar-refractivity contribution in [3.63, 3.8) is 0 Å². The Bertz CT molecular complexity index is 1730. The molecule has 0 spiro atoms. The zero-order valence-electron chi connectivity index (χ0n) is 22.3. The first kappa shape index (κ1) is 27.2. The van der Waals surface area contributed by atoms with Gasteiger partial charge < -0.3 is 10.2 Å². The van der Waals surface area contributed by atoms with Crippen LogP contribution in [-0.4, -0.2) is 44.1 Å². The highest BCUT2D eigenvalue weighted by Gasteiger charge is 2.33. The van der Waals surface area contributed by atoms with Crippen LogP contribution < -0.4 is 10.2 Å². The van der Waals surface area contributed by atoms with E-state index in [2.05, 4.69) is 20.2 Å². The molecule has 41 heavy (non-hydrogen) atoms. The number of anilines is 1. The van der Waals surface area contributed by atoms with Gasteiger partial charge in [0.1, 0.15) is 18.0 Å². The van der Waals surface area contributed by atoms with Gasteiger partial charge in [0.05, 0.1) is 11.4 Å². The fraction of sp³-hybridized carbons (Fsp3) is 0.226. The summed E-state index contributed by atoms with van der Waals surface area (Å²) in [5, 5.41) is 4.34. The lowest BCUT2D eigenvalue weighted by atomic mass is 9.89.